The molecular weight excluding hydrogens is 290 g/mol. The number of rotatable bonds is 3. The number of amides is 1. The first-order chi connectivity index (χ1) is 10.6. The normalized spacial score (nSPS) is 18.1. The molecule has 1 amide bonds. The molecule has 0 aliphatic carbocycles. The van der Waals surface area contributed by atoms with Gasteiger partial charge in [-0.15, -0.1) is 0 Å². The summed E-state index contributed by atoms with van der Waals surface area (Å²) >= 11 is 0. The molecule has 0 aromatic heterocycles. The molecule has 0 fully saturated rings. The number of hydrogen-bond donors (Lipinski definition) is 0. The second kappa shape index (κ2) is 6.34. The Morgan fingerprint density at radius 3 is 2.57 bits per heavy atom. The lowest BCUT2D eigenvalue weighted by atomic mass is 9.85. The standard InChI is InChI=1S/C19H27NO3/c1-12(2)13-7-8-16-15(9-13)14(10-17(21)20(16)6)11-18(22)23-19(3,4)5/h7-9,12,14H,10-11H2,1-6H3. The number of hydrogen-bond acceptors (Lipinski definition) is 3. The average Bonchev–Trinajstić information content (AvgIpc) is 2.41. The van der Waals surface area contributed by atoms with Crippen LogP contribution in [0.1, 0.15) is 70.4 Å². The third-order valence-electron chi connectivity index (χ3n) is 4.15. The highest BCUT2D eigenvalue weighted by Crippen LogP contribution is 2.39. The lowest BCUT2D eigenvalue weighted by molar-refractivity contribution is -0.155. The van der Waals surface area contributed by atoms with E-state index in [-0.39, 0.29) is 24.2 Å². The summed E-state index contributed by atoms with van der Waals surface area (Å²) in [6.07, 6.45) is 0.593. The average molecular weight is 317 g/mol. The van der Waals surface area contributed by atoms with E-state index >= 15 is 0 Å². The van der Waals surface area contributed by atoms with Crippen LogP contribution < -0.4 is 4.90 Å². The summed E-state index contributed by atoms with van der Waals surface area (Å²) in [5.41, 5.74) is 2.69. The van der Waals surface area contributed by atoms with Crippen LogP contribution in [0.25, 0.3) is 0 Å². The van der Waals surface area contributed by atoms with Gasteiger partial charge in [-0.1, -0.05) is 26.0 Å². The summed E-state index contributed by atoms with van der Waals surface area (Å²) < 4.78 is 5.43. The largest absolute Gasteiger partial charge is 0.460 e. The van der Waals surface area contributed by atoms with E-state index in [4.69, 9.17) is 4.74 Å². The molecule has 0 radical (unpaired) electrons. The highest BCUT2D eigenvalue weighted by molar-refractivity contribution is 5.97. The molecule has 1 aliphatic heterocycles. The van der Waals surface area contributed by atoms with E-state index in [1.807, 2.05) is 26.8 Å². The van der Waals surface area contributed by atoms with Gasteiger partial charge in [-0.05, 0) is 43.9 Å². The predicted molar refractivity (Wildman–Crippen MR) is 91.8 cm³/mol. The van der Waals surface area contributed by atoms with Crippen molar-refractivity contribution in [2.45, 2.75) is 64.9 Å². The predicted octanol–water partition coefficient (Wildman–Crippen LogP) is 3.99. The molecule has 0 bridgehead atoms. The summed E-state index contributed by atoms with van der Waals surface area (Å²) in [7, 11) is 1.79. The first kappa shape index (κ1) is 17.5. The van der Waals surface area contributed by atoms with Crippen LogP contribution in [0.3, 0.4) is 0 Å². The fourth-order valence-corrected chi connectivity index (χ4v) is 2.92. The van der Waals surface area contributed by atoms with Crippen LogP contribution in [-0.4, -0.2) is 24.5 Å². The molecule has 0 N–H and O–H groups in total. The quantitative estimate of drug-likeness (QED) is 0.792. The van der Waals surface area contributed by atoms with Crippen LogP contribution in [0.5, 0.6) is 0 Å². The molecule has 1 unspecified atom stereocenters. The Kier molecular flexibility index (Phi) is 4.83. The molecule has 23 heavy (non-hydrogen) atoms. The van der Waals surface area contributed by atoms with Crippen molar-refractivity contribution in [2.75, 3.05) is 11.9 Å². The Hall–Kier alpha value is -1.84. The van der Waals surface area contributed by atoms with Crippen LogP contribution in [0.4, 0.5) is 5.69 Å². The third kappa shape index (κ3) is 4.12. The summed E-state index contributed by atoms with van der Waals surface area (Å²) in [6.45, 7) is 9.85. The second-order valence-corrected chi connectivity index (χ2v) is 7.62. The van der Waals surface area contributed by atoms with E-state index in [1.54, 1.807) is 11.9 Å². The summed E-state index contributed by atoms with van der Waals surface area (Å²) in [4.78, 5) is 26.1. The molecule has 0 saturated carbocycles. The van der Waals surface area contributed by atoms with Gasteiger partial charge < -0.3 is 9.64 Å². The molecule has 1 heterocycles. The SMILES string of the molecule is CC(C)c1ccc2c(c1)C(CC(=O)OC(C)(C)C)CC(=O)N2C. The van der Waals surface area contributed by atoms with Gasteiger partial charge in [0.2, 0.25) is 5.91 Å². The van der Waals surface area contributed by atoms with E-state index in [9.17, 15) is 9.59 Å². The Morgan fingerprint density at radius 2 is 2.00 bits per heavy atom. The smallest absolute Gasteiger partial charge is 0.306 e. The van der Waals surface area contributed by atoms with Crippen LogP contribution in [0.2, 0.25) is 0 Å². The zero-order valence-corrected chi connectivity index (χ0v) is 15.0. The molecule has 126 valence electrons. The van der Waals surface area contributed by atoms with Crippen LogP contribution in [-0.2, 0) is 14.3 Å². The molecule has 1 aromatic rings. The topological polar surface area (TPSA) is 46.6 Å². The Morgan fingerprint density at radius 1 is 1.35 bits per heavy atom. The van der Waals surface area contributed by atoms with Crippen LogP contribution >= 0.6 is 0 Å². The maximum atomic E-state index is 12.2. The highest BCUT2D eigenvalue weighted by Gasteiger charge is 2.32. The van der Waals surface area contributed by atoms with Crippen molar-refractivity contribution in [3.8, 4) is 0 Å². The van der Waals surface area contributed by atoms with Crippen molar-refractivity contribution in [1.29, 1.82) is 0 Å². The zero-order chi connectivity index (χ0) is 17.4. The Balaban J connectivity index is 2.31. The highest BCUT2D eigenvalue weighted by atomic mass is 16.6. The van der Waals surface area contributed by atoms with Gasteiger partial charge in [-0.2, -0.15) is 0 Å². The molecule has 4 heteroatoms. The van der Waals surface area contributed by atoms with Crippen molar-refractivity contribution >= 4 is 17.6 Å². The molecule has 0 spiro atoms. The number of esters is 1. The molecular formula is C19H27NO3. The van der Waals surface area contributed by atoms with Crippen LogP contribution in [0, 0.1) is 0 Å². The third-order valence-corrected chi connectivity index (χ3v) is 4.15. The molecule has 2 rings (SSSR count). The fourth-order valence-electron chi connectivity index (χ4n) is 2.92. The van der Waals surface area contributed by atoms with E-state index in [2.05, 4.69) is 26.0 Å². The fraction of sp³-hybridized carbons (Fsp3) is 0.579. The van der Waals surface area contributed by atoms with Gasteiger partial charge in [-0.25, -0.2) is 0 Å². The summed E-state index contributed by atoms with van der Waals surface area (Å²) in [5.74, 6) is 0.0942. The minimum Gasteiger partial charge on any atom is -0.460 e. The van der Waals surface area contributed by atoms with Crippen molar-refractivity contribution in [3.63, 3.8) is 0 Å². The number of anilines is 1. The van der Waals surface area contributed by atoms with E-state index in [1.165, 1.54) is 5.56 Å². The van der Waals surface area contributed by atoms with Crippen molar-refractivity contribution in [3.05, 3.63) is 29.3 Å². The van der Waals surface area contributed by atoms with Gasteiger partial charge in [0.25, 0.3) is 0 Å². The number of ether oxygens (including phenoxy) is 1. The van der Waals surface area contributed by atoms with Crippen molar-refractivity contribution < 1.29 is 14.3 Å². The molecule has 1 atom stereocenters. The van der Waals surface area contributed by atoms with E-state index in [0.29, 0.717) is 12.3 Å². The molecule has 1 aliphatic rings. The monoisotopic (exact) mass is 317 g/mol. The summed E-state index contributed by atoms with van der Waals surface area (Å²) in [6, 6.07) is 6.19. The molecule has 0 saturated heterocycles. The number of carbonyl (C=O) groups is 2. The second-order valence-electron chi connectivity index (χ2n) is 7.62. The number of fused-ring (bicyclic) bond motifs is 1. The first-order valence-corrected chi connectivity index (χ1v) is 8.20. The van der Waals surface area contributed by atoms with Gasteiger partial charge >= 0.3 is 5.97 Å². The lowest BCUT2D eigenvalue weighted by Crippen LogP contribution is -2.34. The summed E-state index contributed by atoms with van der Waals surface area (Å²) in [5, 5.41) is 0. The number of nitrogens with zero attached hydrogens (tertiary/aromatic N) is 1. The maximum absolute atomic E-state index is 12.2. The van der Waals surface area contributed by atoms with Gasteiger partial charge in [0.15, 0.2) is 0 Å². The molecule has 1 aromatic carbocycles. The van der Waals surface area contributed by atoms with E-state index < -0.39 is 5.60 Å². The minimum atomic E-state index is -0.505. The van der Waals surface area contributed by atoms with Gasteiger partial charge in [0.1, 0.15) is 5.60 Å². The Bertz CT molecular complexity index is 614. The van der Waals surface area contributed by atoms with Gasteiger partial charge in [0.05, 0.1) is 6.42 Å². The number of carbonyl (C=O) groups excluding carboxylic acids is 2. The van der Waals surface area contributed by atoms with E-state index in [0.717, 1.165) is 11.3 Å². The molecule has 4 nitrogen and oxygen atoms in total. The first-order valence-electron chi connectivity index (χ1n) is 8.20. The van der Waals surface area contributed by atoms with Crippen molar-refractivity contribution in [2.24, 2.45) is 0 Å². The minimum absolute atomic E-state index is 0.0448. The van der Waals surface area contributed by atoms with Crippen molar-refractivity contribution in [1.82, 2.24) is 0 Å². The zero-order valence-electron chi connectivity index (χ0n) is 15.0. The van der Waals surface area contributed by atoms with Crippen LogP contribution in [0.15, 0.2) is 18.2 Å². The van der Waals surface area contributed by atoms with Gasteiger partial charge in [-0.3, -0.25) is 9.59 Å². The lowest BCUT2D eigenvalue weighted by Gasteiger charge is -2.32. The van der Waals surface area contributed by atoms with Gasteiger partial charge in [0, 0.05) is 25.1 Å². The number of benzene rings is 1. The Labute approximate surface area is 138 Å². The maximum Gasteiger partial charge on any atom is 0.306 e.